The van der Waals surface area contributed by atoms with E-state index >= 15 is 0 Å². The molecule has 0 amide bonds. The van der Waals surface area contributed by atoms with Gasteiger partial charge in [-0.2, -0.15) is 15.4 Å². The molecule has 6 rings (SSSR count). The number of para-hydroxylation sites is 3. The monoisotopic (exact) mass is 351 g/mol. The van der Waals surface area contributed by atoms with Gasteiger partial charge in [-0.15, -0.1) is 0 Å². The molecule has 0 saturated carbocycles. The third-order valence-electron chi connectivity index (χ3n) is 4.88. The normalized spacial score (nSPS) is 11.7. The fraction of sp³-hybridized carbons (Fsp3) is 0. The van der Waals surface area contributed by atoms with E-state index < -0.39 is 0 Å². The van der Waals surface area contributed by atoms with Crippen LogP contribution in [-0.4, -0.2) is 25.4 Å². The first-order chi connectivity index (χ1) is 13.4. The highest BCUT2D eigenvalue weighted by molar-refractivity contribution is 6.08. The standard InChI is InChI=1S/C21H13N5O/c1-2-8-16-15(7-1)22-21(23-16)13-6-4-10-18-19(13)14(11-27-18)12-5-3-9-17-20(12)25-26-24-17/h1-11H,(H,22,23)(H,24,25,26). The van der Waals surface area contributed by atoms with Gasteiger partial charge in [0.05, 0.1) is 17.3 Å². The Labute approximate surface area is 152 Å². The predicted octanol–water partition coefficient (Wildman–Crippen LogP) is 4.91. The lowest BCUT2D eigenvalue weighted by Gasteiger charge is -2.04. The van der Waals surface area contributed by atoms with E-state index in [4.69, 9.17) is 9.40 Å². The van der Waals surface area contributed by atoms with Gasteiger partial charge in [0.15, 0.2) is 0 Å². The Kier molecular flexibility index (Phi) is 2.79. The van der Waals surface area contributed by atoms with Crippen molar-refractivity contribution in [1.29, 1.82) is 0 Å². The lowest BCUT2D eigenvalue weighted by molar-refractivity contribution is 0.617. The quantitative estimate of drug-likeness (QED) is 0.464. The highest BCUT2D eigenvalue weighted by Crippen LogP contribution is 2.39. The SMILES string of the molecule is c1ccc2[nH]c(-c3cccc4occ(-c5cccc6n[nH]nc56)c34)nc2c1. The zero-order chi connectivity index (χ0) is 17.8. The molecule has 6 heteroatoms. The van der Waals surface area contributed by atoms with Crippen LogP contribution in [0.5, 0.6) is 0 Å². The number of rotatable bonds is 2. The van der Waals surface area contributed by atoms with E-state index in [1.54, 1.807) is 6.26 Å². The van der Waals surface area contributed by atoms with Crippen LogP contribution in [0.4, 0.5) is 0 Å². The van der Waals surface area contributed by atoms with E-state index in [1.807, 2.05) is 54.6 Å². The number of fused-ring (bicyclic) bond motifs is 3. The fourth-order valence-corrected chi connectivity index (χ4v) is 3.65. The number of aromatic amines is 2. The van der Waals surface area contributed by atoms with Crippen molar-refractivity contribution in [2.45, 2.75) is 0 Å². The van der Waals surface area contributed by atoms with Crippen LogP contribution in [0.1, 0.15) is 0 Å². The van der Waals surface area contributed by atoms with Crippen LogP contribution in [0, 0.1) is 0 Å². The minimum atomic E-state index is 0.809. The van der Waals surface area contributed by atoms with E-state index in [2.05, 4.69) is 26.5 Å². The summed E-state index contributed by atoms with van der Waals surface area (Å²) in [5.74, 6) is 0.816. The molecule has 6 nitrogen and oxygen atoms in total. The number of nitrogens with zero attached hydrogens (tertiary/aromatic N) is 3. The number of hydrogen-bond acceptors (Lipinski definition) is 4. The summed E-state index contributed by atoms with van der Waals surface area (Å²) in [7, 11) is 0. The molecule has 0 saturated heterocycles. The largest absolute Gasteiger partial charge is 0.464 e. The van der Waals surface area contributed by atoms with Gasteiger partial charge in [-0.05, 0) is 24.3 Å². The van der Waals surface area contributed by atoms with Gasteiger partial charge in [0.25, 0.3) is 0 Å². The maximum absolute atomic E-state index is 5.87. The molecule has 3 aromatic carbocycles. The molecule has 2 N–H and O–H groups in total. The first-order valence-electron chi connectivity index (χ1n) is 8.64. The summed E-state index contributed by atoms with van der Waals surface area (Å²) in [5, 5.41) is 12.2. The number of aromatic nitrogens is 5. The predicted molar refractivity (Wildman–Crippen MR) is 104 cm³/mol. The van der Waals surface area contributed by atoms with Crippen molar-refractivity contribution in [3.8, 4) is 22.5 Å². The van der Waals surface area contributed by atoms with Crippen molar-refractivity contribution in [1.82, 2.24) is 25.4 Å². The number of H-pyrrole nitrogens is 2. The Hall–Kier alpha value is -3.93. The molecule has 0 unspecified atom stereocenters. The van der Waals surface area contributed by atoms with Crippen LogP contribution >= 0.6 is 0 Å². The lowest BCUT2D eigenvalue weighted by atomic mass is 9.99. The zero-order valence-electron chi connectivity index (χ0n) is 14.1. The summed E-state index contributed by atoms with van der Waals surface area (Å²) in [4.78, 5) is 8.19. The number of nitrogens with one attached hydrogen (secondary N) is 2. The maximum atomic E-state index is 5.87. The second-order valence-corrected chi connectivity index (χ2v) is 6.43. The van der Waals surface area contributed by atoms with E-state index in [1.165, 1.54) is 0 Å². The van der Waals surface area contributed by atoms with E-state index in [0.717, 1.165) is 55.6 Å². The smallest absolute Gasteiger partial charge is 0.139 e. The summed E-state index contributed by atoms with van der Waals surface area (Å²) in [6, 6.07) is 20.0. The second kappa shape index (κ2) is 5.28. The van der Waals surface area contributed by atoms with E-state index in [0.29, 0.717) is 0 Å². The molecular formula is C21H13N5O. The molecule has 0 aliphatic rings. The fourth-order valence-electron chi connectivity index (χ4n) is 3.65. The van der Waals surface area contributed by atoms with Crippen LogP contribution < -0.4 is 0 Å². The summed E-state index contributed by atoms with van der Waals surface area (Å²) in [6.07, 6.45) is 1.78. The molecule has 0 aliphatic heterocycles. The molecule has 3 aromatic heterocycles. The third kappa shape index (κ3) is 2.04. The Bertz CT molecular complexity index is 1410. The van der Waals surface area contributed by atoms with Gasteiger partial charge in [0.1, 0.15) is 22.4 Å². The molecule has 0 bridgehead atoms. The molecule has 27 heavy (non-hydrogen) atoms. The van der Waals surface area contributed by atoms with Crippen LogP contribution in [0.25, 0.3) is 55.6 Å². The number of imidazole rings is 1. The van der Waals surface area contributed by atoms with Gasteiger partial charge in [-0.1, -0.05) is 36.4 Å². The molecule has 0 spiro atoms. The van der Waals surface area contributed by atoms with Crippen LogP contribution in [0.15, 0.2) is 71.3 Å². The van der Waals surface area contributed by atoms with Gasteiger partial charge in [-0.25, -0.2) is 4.98 Å². The van der Waals surface area contributed by atoms with Crippen molar-refractivity contribution in [2.24, 2.45) is 0 Å². The average Bonchev–Trinajstić information content (AvgIpc) is 3.44. The average molecular weight is 351 g/mol. The molecule has 128 valence electrons. The van der Waals surface area contributed by atoms with E-state index in [9.17, 15) is 0 Å². The topological polar surface area (TPSA) is 83.4 Å². The Balaban J connectivity index is 1.67. The van der Waals surface area contributed by atoms with Crippen LogP contribution in [0.2, 0.25) is 0 Å². The van der Waals surface area contributed by atoms with Crippen LogP contribution in [-0.2, 0) is 0 Å². The summed E-state index contributed by atoms with van der Waals surface area (Å²) >= 11 is 0. The van der Waals surface area contributed by atoms with Crippen molar-refractivity contribution in [3.63, 3.8) is 0 Å². The highest BCUT2D eigenvalue weighted by Gasteiger charge is 2.18. The van der Waals surface area contributed by atoms with Crippen molar-refractivity contribution >= 4 is 33.0 Å². The molecule has 0 fully saturated rings. The molecule has 0 radical (unpaired) electrons. The Morgan fingerprint density at radius 1 is 0.741 bits per heavy atom. The van der Waals surface area contributed by atoms with Gasteiger partial charge in [0, 0.05) is 22.1 Å². The summed E-state index contributed by atoms with van der Waals surface area (Å²) in [5.41, 5.74) is 7.34. The van der Waals surface area contributed by atoms with Crippen molar-refractivity contribution in [3.05, 3.63) is 66.9 Å². The molecule has 0 atom stereocenters. The van der Waals surface area contributed by atoms with Crippen molar-refractivity contribution < 1.29 is 4.42 Å². The minimum absolute atomic E-state index is 0.809. The molecule has 0 aliphatic carbocycles. The maximum Gasteiger partial charge on any atom is 0.139 e. The van der Waals surface area contributed by atoms with Gasteiger partial charge >= 0.3 is 0 Å². The molecule has 3 heterocycles. The summed E-state index contributed by atoms with van der Waals surface area (Å²) in [6.45, 7) is 0. The molecular weight excluding hydrogens is 338 g/mol. The number of furan rings is 1. The lowest BCUT2D eigenvalue weighted by Crippen LogP contribution is -1.85. The third-order valence-corrected chi connectivity index (χ3v) is 4.88. The van der Waals surface area contributed by atoms with Gasteiger partial charge in [0.2, 0.25) is 0 Å². The van der Waals surface area contributed by atoms with Gasteiger partial charge in [-0.3, -0.25) is 0 Å². The Morgan fingerprint density at radius 2 is 1.59 bits per heavy atom. The van der Waals surface area contributed by atoms with Crippen LogP contribution in [0.3, 0.4) is 0 Å². The Morgan fingerprint density at radius 3 is 2.56 bits per heavy atom. The minimum Gasteiger partial charge on any atom is -0.464 e. The number of benzene rings is 3. The number of hydrogen-bond donors (Lipinski definition) is 2. The first-order valence-corrected chi connectivity index (χ1v) is 8.64. The van der Waals surface area contributed by atoms with E-state index in [-0.39, 0.29) is 0 Å². The molecule has 6 aromatic rings. The summed E-state index contributed by atoms with van der Waals surface area (Å²) < 4.78 is 5.87. The van der Waals surface area contributed by atoms with Gasteiger partial charge < -0.3 is 9.40 Å². The highest BCUT2D eigenvalue weighted by atomic mass is 16.3. The van der Waals surface area contributed by atoms with Crippen molar-refractivity contribution in [2.75, 3.05) is 0 Å². The first kappa shape index (κ1) is 14.3. The zero-order valence-corrected chi connectivity index (χ0v) is 14.1. The second-order valence-electron chi connectivity index (χ2n) is 6.43.